The van der Waals surface area contributed by atoms with E-state index in [9.17, 15) is 4.79 Å². The van der Waals surface area contributed by atoms with Crippen molar-refractivity contribution >= 4 is 23.0 Å². The topological polar surface area (TPSA) is 62.5 Å². The molecule has 0 spiro atoms. The van der Waals surface area contributed by atoms with Gasteiger partial charge < -0.3 is 14.2 Å². The van der Waals surface area contributed by atoms with Crippen molar-refractivity contribution in [2.75, 3.05) is 11.4 Å². The van der Waals surface area contributed by atoms with E-state index in [1.165, 1.54) is 0 Å². The third-order valence-corrected chi connectivity index (χ3v) is 5.06. The fourth-order valence-electron chi connectivity index (χ4n) is 3.80. The average molecular weight is 334 g/mol. The van der Waals surface area contributed by atoms with Crippen molar-refractivity contribution in [3.8, 4) is 0 Å². The summed E-state index contributed by atoms with van der Waals surface area (Å²) in [6.45, 7) is 2.02. The highest BCUT2D eigenvalue weighted by Gasteiger charge is 2.38. The summed E-state index contributed by atoms with van der Waals surface area (Å²) in [6, 6.07) is 12.0. The number of aromatic nitrogens is 2. The molecule has 0 radical (unpaired) electrons. The van der Waals surface area contributed by atoms with Crippen molar-refractivity contribution in [1.82, 2.24) is 14.9 Å². The molecule has 1 aromatic carbocycles. The van der Waals surface area contributed by atoms with Crippen molar-refractivity contribution in [2.24, 2.45) is 0 Å². The molecule has 1 fully saturated rings. The summed E-state index contributed by atoms with van der Waals surface area (Å²) in [5.41, 5.74) is 3.73. The summed E-state index contributed by atoms with van der Waals surface area (Å²) in [5, 5.41) is 0. The number of nitrogens with zero attached hydrogens (tertiary/aromatic N) is 4. The highest BCUT2D eigenvalue weighted by atomic mass is 16.4. The number of hydrogen-bond acceptors (Lipinski definition) is 5. The fourth-order valence-corrected chi connectivity index (χ4v) is 3.80. The smallest absolute Gasteiger partial charge is 0.299 e. The summed E-state index contributed by atoms with van der Waals surface area (Å²) < 4.78 is 5.89. The van der Waals surface area contributed by atoms with Crippen LogP contribution in [0.15, 0.2) is 47.0 Å². The standard InChI is InChI=1S/C19H18N4O2/c24-18(22-11-13-5-3-9-20-15(13)12-22)16-7-4-10-23(16)19-21-14-6-1-2-8-17(14)25-19/h1-3,5-6,8-9,16H,4,7,10-12H2. The number of amides is 1. The first-order valence-electron chi connectivity index (χ1n) is 8.63. The molecule has 5 rings (SSSR count). The Morgan fingerprint density at radius 1 is 1.16 bits per heavy atom. The molecule has 1 saturated heterocycles. The second-order valence-corrected chi connectivity index (χ2v) is 6.62. The van der Waals surface area contributed by atoms with Crippen LogP contribution in [0.25, 0.3) is 11.1 Å². The first-order chi connectivity index (χ1) is 12.3. The average Bonchev–Trinajstić information content (AvgIpc) is 3.36. The van der Waals surface area contributed by atoms with Gasteiger partial charge in [0.2, 0.25) is 5.91 Å². The lowest BCUT2D eigenvalue weighted by molar-refractivity contribution is -0.133. The largest absolute Gasteiger partial charge is 0.423 e. The number of rotatable bonds is 2. The molecule has 0 N–H and O–H groups in total. The van der Waals surface area contributed by atoms with Crippen LogP contribution in [0.2, 0.25) is 0 Å². The predicted molar refractivity (Wildman–Crippen MR) is 92.9 cm³/mol. The van der Waals surface area contributed by atoms with Gasteiger partial charge in [-0.1, -0.05) is 18.2 Å². The Hall–Kier alpha value is -2.89. The van der Waals surface area contributed by atoms with Gasteiger partial charge in [-0.05, 0) is 36.6 Å². The van der Waals surface area contributed by atoms with E-state index in [0.717, 1.165) is 41.7 Å². The van der Waals surface area contributed by atoms with Crippen LogP contribution in [0.5, 0.6) is 0 Å². The molecular formula is C19H18N4O2. The Morgan fingerprint density at radius 2 is 2.08 bits per heavy atom. The van der Waals surface area contributed by atoms with Gasteiger partial charge in [-0.3, -0.25) is 9.78 Å². The van der Waals surface area contributed by atoms with Crippen LogP contribution >= 0.6 is 0 Å². The van der Waals surface area contributed by atoms with Gasteiger partial charge in [-0.15, -0.1) is 0 Å². The lowest BCUT2D eigenvalue weighted by Gasteiger charge is -2.26. The van der Waals surface area contributed by atoms with Gasteiger partial charge in [0.15, 0.2) is 5.58 Å². The highest BCUT2D eigenvalue weighted by Crippen LogP contribution is 2.31. The van der Waals surface area contributed by atoms with Crippen LogP contribution < -0.4 is 4.90 Å². The lowest BCUT2D eigenvalue weighted by Crippen LogP contribution is -2.44. The normalized spacial score (nSPS) is 19.6. The second-order valence-electron chi connectivity index (χ2n) is 6.62. The first-order valence-corrected chi connectivity index (χ1v) is 8.63. The maximum Gasteiger partial charge on any atom is 0.299 e. The van der Waals surface area contributed by atoms with E-state index in [-0.39, 0.29) is 11.9 Å². The van der Waals surface area contributed by atoms with E-state index >= 15 is 0 Å². The fraction of sp³-hybridized carbons (Fsp3) is 0.316. The minimum atomic E-state index is -0.206. The molecule has 0 aliphatic carbocycles. The summed E-state index contributed by atoms with van der Waals surface area (Å²) in [5.74, 6) is 0.137. The SMILES string of the molecule is O=C(C1CCCN1c1nc2ccccc2o1)N1Cc2cccnc2C1. The number of fused-ring (bicyclic) bond motifs is 2. The molecule has 1 amide bonds. The number of carbonyl (C=O) groups excluding carboxylic acids is 1. The van der Waals surface area contributed by atoms with E-state index < -0.39 is 0 Å². The highest BCUT2D eigenvalue weighted by molar-refractivity contribution is 5.86. The van der Waals surface area contributed by atoms with Gasteiger partial charge in [0.1, 0.15) is 11.6 Å². The van der Waals surface area contributed by atoms with Gasteiger partial charge in [0, 0.05) is 19.3 Å². The Labute approximate surface area is 145 Å². The van der Waals surface area contributed by atoms with Gasteiger partial charge in [-0.25, -0.2) is 0 Å². The number of oxazole rings is 1. The Kier molecular flexibility index (Phi) is 3.23. The molecule has 3 aromatic rings. The van der Waals surface area contributed by atoms with Crippen LogP contribution in [0.3, 0.4) is 0 Å². The van der Waals surface area contributed by atoms with Crippen molar-refractivity contribution < 1.29 is 9.21 Å². The molecule has 6 nitrogen and oxygen atoms in total. The van der Waals surface area contributed by atoms with Crippen molar-refractivity contribution in [1.29, 1.82) is 0 Å². The van der Waals surface area contributed by atoms with Crippen LogP contribution in [0, 0.1) is 0 Å². The van der Waals surface area contributed by atoms with Crippen LogP contribution in [-0.4, -0.2) is 33.4 Å². The first kappa shape index (κ1) is 14.5. The zero-order chi connectivity index (χ0) is 16.8. The number of hydrogen-bond donors (Lipinski definition) is 0. The number of pyridine rings is 1. The predicted octanol–water partition coefficient (Wildman–Crippen LogP) is 2.73. The number of para-hydroxylation sites is 2. The minimum Gasteiger partial charge on any atom is -0.423 e. The van der Waals surface area contributed by atoms with Gasteiger partial charge in [-0.2, -0.15) is 4.98 Å². The molecule has 2 aliphatic heterocycles. The maximum absolute atomic E-state index is 13.1. The van der Waals surface area contributed by atoms with Crippen molar-refractivity contribution in [3.05, 3.63) is 53.9 Å². The molecule has 2 aromatic heterocycles. The number of anilines is 1. The molecule has 0 bridgehead atoms. The summed E-state index contributed by atoms with van der Waals surface area (Å²) >= 11 is 0. The minimum absolute atomic E-state index is 0.137. The molecule has 4 heterocycles. The Morgan fingerprint density at radius 3 is 2.96 bits per heavy atom. The molecular weight excluding hydrogens is 316 g/mol. The van der Waals surface area contributed by atoms with E-state index in [0.29, 0.717) is 19.1 Å². The summed E-state index contributed by atoms with van der Waals surface area (Å²) in [6.07, 6.45) is 3.58. The zero-order valence-electron chi connectivity index (χ0n) is 13.8. The molecule has 0 saturated carbocycles. The van der Waals surface area contributed by atoms with E-state index in [4.69, 9.17) is 4.42 Å². The van der Waals surface area contributed by atoms with E-state index in [1.54, 1.807) is 6.20 Å². The third-order valence-electron chi connectivity index (χ3n) is 5.06. The molecule has 1 unspecified atom stereocenters. The molecule has 126 valence electrons. The zero-order valence-corrected chi connectivity index (χ0v) is 13.8. The lowest BCUT2D eigenvalue weighted by atomic mass is 10.2. The van der Waals surface area contributed by atoms with Crippen molar-refractivity contribution in [3.63, 3.8) is 0 Å². The maximum atomic E-state index is 13.1. The number of carbonyl (C=O) groups is 1. The van der Waals surface area contributed by atoms with Gasteiger partial charge in [0.05, 0.1) is 12.2 Å². The van der Waals surface area contributed by atoms with Crippen molar-refractivity contribution in [2.45, 2.75) is 32.0 Å². The molecule has 2 aliphatic rings. The number of benzene rings is 1. The molecule has 1 atom stereocenters. The van der Waals surface area contributed by atoms with Gasteiger partial charge in [0.25, 0.3) is 6.01 Å². The van der Waals surface area contributed by atoms with E-state index in [2.05, 4.69) is 9.97 Å². The van der Waals surface area contributed by atoms with Crippen LogP contribution in [-0.2, 0) is 17.9 Å². The Bertz CT molecular complexity index is 893. The second kappa shape index (κ2) is 5.58. The summed E-state index contributed by atoms with van der Waals surface area (Å²) in [4.78, 5) is 26.0. The molecule has 6 heteroatoms. The summed E-state index contributed by atoms with van der Waals surface area (Å²) in [7, 11) is 0. The molecule has 25 heavy (non-hydrogen) atoms. The van der Waals surface area contributed by atoms with E-state index in [1.807, 2.05) is 46.2 Å². The van der Waals surface area contributed by atoms with Crippen LogP contribution in [0.4, 0.5) is 6.01 Å². The Balaban J connectivity index is 1.40. The quantitative estimate of drug-likeness (QED) is 0.721. The van der Waals surface area contributed by atoms with Gasteiger partial charge >= 0.3 is 0 Å². The monoisotopic (exact) mass is 334 g/mol. The third kappa shape index (κ3) is 2.36. The van der Waals surface area contributed by atoms with Crippen LogP contribution in [0.1, 0.15) is 24.1 Å².